The van der Waals surface area contributed by atoms with Gasteiger partial charge >= 0.3 is 0 Å². The second-order valence-electron chi connectivity index (χ2n) is 3.29. The number of rotatable bonds is 5. The molecule has 0 aliphatic heterocycles. The van der Waals surface area contributed by atoms with Crippen LogP contribution in [0, 0.1) is 0 Å². The van der Waals surface area contributed by atoms with Crippen molar-refractivity contribution in [2.45, 2.75) is 19.9 Å². The molecule has 0 radical (unpaired) electrons. The molecule has 0 saturated heterocycles. The van der Waals surface area contributed by atoms with Crippen LogP contribution in [-0.4, -0.2) is 18.8 Å². The maximum Gasteiger partial charge on any atom is 0.162 e. The van der Waals surface area contributed by atoms with Gasteiger partial charge in [-0.2, -0.15) is 0 Å². The zero-order chi connectivity index (χ0) is 11.3. The number of ether oxygens (including phenoxy) is 1. The van der Waals surface area contributed by atoms with Crippen LogP contribution in [0.3, 0.4) is 0 Å². The lowest BCUT2D eigenvalue weighted by molar-refractivity contribution is 0.369. The first-order chi connectivity index (χ1) is 7.19. The molecule has 0 bridgehead atoms. The average Bonchev–Trinajstić information content (AvgIpc) is 2.23. The van der Waals surface area contributed by atoms with E-state index in [4.69, 9.17) is 4.74 Å². The molecule has 0 unspecified atom stereocenters. The van der Waals surface area contributed by atoms with E-state index in [1.165, 1.54) is 0 Å². The minimum atomic E-state index is 0. The van der Waals surface area contributed by atoms with Crippen LogP contribution in [0.4, 0.5) is 0 Å². The highest BCUT2D eigenvalue weighted by Gasteiger charge is 2.08. The van der Waals surface area contributed by atoms with Crippen molar-refractivity contribution < 1.29 is 9.84 Å². The molecule has 0 fully saturated rings. The lowest BCUT2D eigenvalue weighted by Gasteiger charge is -2.10. The third-order valence-corrected chi connectivity index (χ3v) is 2.54. The van der Waals surface area contributed by atoms with Gasteiger partial charge < -0.3 is 15.2 Å². The summed E-state index contributed by atoms with van der Waals surface area (Å²) in [4.78, 5) is 0. The third kappa shape index (κ3) is 4.20. The summed E-state index contributed by atoms with van der Waals surface area (Å²) in [5.74, 6) is 0.710. The third-order valence-electron chi connectivity index (χ3n) is 2.08. The Morgan fingerprint density at radius 1 is 1.44 bits per heavy atom. The van der Waals surface area contributed by atoms with Gasteiger partial charge in [0.05, 0.1) is 7.11 Å². The molecule has 0 amide bonds. The second-order valence-corrected chi connectivity index (χ2v) is 4.21. The van der Waals surface area contributed by atoms with Crippen LogP contribution in [0.25, 0.3) is 0 Å². The predicted octanol–water partition coefficient (Wildman–Crippen LogP) is 3.08. The van der Waals surface area contributed by atoms with Gasteiger partial charge in [0.1, 0.15) is 0 Å². The molecular formula is C11H17BrClNO2. The van der Waals surface area contributed by atoms with E-state index in [1.54, 1.807) is 13.2 Å². The van der Waals surface area contributed by atoms with Gasteiger partial charge in [0.25, 0.3) is 0 Å². The van der Waals surface area contributed by atoms with E-state index >= 15 is 0 Å². The summed E-state index contributed by atoms with van der Waals surface area (Å²) in [6.45, 7) is 3.69. The zero-order valence-corrected chi connectivity index (χ0v) is 11.8. The van der Waals surface area contributed by atoms with E-state index < -0.39 is 0 Å². The quantitative estimate of drug-likeness (QED) is 0.821. The summed E-state index contributed by atoms with van der Waals surface area (Å²) in [7, 11) is 1.55. The molecule has 16 heavy (non-hydrogen) atoms. The molecule has 0 aliphatic rings. The lowest BCUT2D eigenvalue weighted by atomic mass is 10.2. The number of halogens is 2. The van der Waals surface area contributed by atoms with Gasteiger partial charge in [0.2, 0.25) is 0 Å². The molecule has 2 N–H and O–H groups in total. The van der Waals surface area contributed by atoms with Crippen LogP contribution in [0.1, 0.15) is 18.9 Å². The van der Waals surface area contributed by atoms with Crippen LogP contribution >= 0.6 is 28.3 Å². The first-order valence-electron chi connectivity index (χ1n) is 4.95. The molecule has 0 aliphatic carbocycles. The molecule has 92 valence electrons. The number of aromatic hydroxyl groups is 1. The van der Waals surface area contributed by atoms with Gasteiger partial charge in [-0.25, -0.2) is 0 Å². The van der Waals surface area contributed by atoms with Crippen LogP contribution in [-0.2, 0) is 6.54 Å². The van der Waals surface area contributed by atoms with Crippen molar-refractivity contribution in [3.05, 3.63) is 22.2 Å². The average molecular weight is 311 g/mol. The molecule has 1 rings (SSSR count). The number of phenolic OH excluding ortho intramolecular Hbond substituents is 1. The molecule has 1 aromatic rings. The Morgan fingerprint density at radius 3 is 2.69 bits per heavy atom. The van der Waals surface area contributed by atoms with Crippen molar-refractivity contribution in [3.8, 4) is 11.5 Å². The van der Waals surface area contributed by atoms with Gasteiger partial charge in [-0.15, -0.1) is 12.4 Å². The van der Waals surface area contributed by atoms with Crippen molar-refractivity contribution in [2.24, 2.45) is 0 Å². The predicted molar refractivity (Wildman–Crippen MR) is 71.6 cm³/mol. The Kier molecular flexibility index (Phi) is 7.55. The monoisotopic (exact) mass is 309 g/mol. The van der Waals surface area contributed by atoms with Crippen LogP contribution in [0.15, 0.2) is 16.6 Å². The Bertz CT molecular complexity index is 334. The zero-order valence-electron chi connectivity index (χ0n) is 9.42. The fraction of sp³-hybridized carbons (Fsp3) is 0.455. The topological polar surface area (TPSA) is 41.5 Å². The number of phenols is 1. The van der Waals surface area contributed by atoms with Crippen LogP contribution in [0.2, 0.25) is 0 Å². The SMILES string of the molecule is CCCNCc1cc(Br)cc(OC)c1O.Cl. The van der Waals surface area contributed by atoms with Gasteiger partial charge in [0, 0.05) is 16.6 Å². The fourth-order valence-electron chi connectivity index (χ4n) is 1.32. The fourth-order valence-corrected chi connectivity index (χ4v) is 1.80. The van der Waals surface area contributed by atoms with E-state index in [-0.39, 0.29) is 18.2 Å². The normalized spacial score (nSPS) is 9.69. The summed E-state index contributed by atoms with van der Waals surface area (Å²) >= 11 is 3.38. The summed E-state index contributed by atoms with van der Waals surface area (Å²) in [6, 6.07) is 3.64. The molecule has 1 aromatic carbocycles. The molecule has 5 heteroatoms. The Hall–Kier alpha value is -0.450. The molecule has 0 heterocycles. The number of hydrogen-bond donors (Lipinski definition) is 2. The first kappa shape index (κ1) is 15.6. The number of methoxy groups -OCH3 is 1. The maximum atomic E-state index is 9.83. The molecule has 0 saturated carbocycles. The Labute approximate surface area is 111 Å². The smallest absolute Gasteiger partial charge is 0.162 e. The van der Waals surface area contributed by atoms with Crippen molar-refractivity contribution in [2.75, 3.05) is 13.7 Å². The minimum absolute atomic E-state index is 0. The number of nitrogens with one attached hydrogen (secondary N) is 1. The summed E-state index contributed by atoms with van der Waals surface area (Å²) in [5.41, 5.74) is 0.842. The van der Waals surface area contributed by atoms with Crippen molar-refractivity contribution in [3.63, 3.8) is 0 Å². The van der Waals surface area contributed by atoms with Crippen LogP contribution in [0.5, 0.6) is 11.5 Å². The highest BCUT2D eigenvalue weighted by atomic mass is 79.9. The van der Waals surface area contributed by atoms with Crippen LogP contribution < -0.4 is 10.1 Å². The molecule has 0 spiro atoms. The number of benzene rings is 1. The van der Waals surface area contributed by atoms with E-state index in [1.807, 2.05) is 6.07 Å². The van der Waals surface area contributed by atoms with Gasteiger partial charge in [-0.3, -0.25) is 0 Å². The minimum Gasteiger partial charge on any atom is -0.504 e. The molecule has 0 atom stereocenters. The standard InChI is InChI=1S/C11H16BrNO2.ClH/c1-3-4-13-7-8-5-9(12)6-10(15-2)11(8)14;/h5-6,13-14H,3-4,7H2,1-2H3;1H. The summed E-state index contributed by atoms with van der Waals surface area (Å²) in [6.07, 6.45) is 1.08. The van der Waals surface area contributed by atoms with Gasteiger partial charge in [-0.1, -0.05) is 22.9 Å². The van der Waals surface area contributed by atoms with Crippen molar-refractivity contribution >= 4 is 28.3 Å². The Morgan fingerprint density at radius 2 is 2.12 bits per heavy atom. The largest absolute Gasteiger partial charge is 0.504 e. The van der Waals surface area contributed by atoms with E-state index in [9.17, 15) is 5.11 Å². The lowest BCUT2D eigenvalue weighted by Crippen LogP contribution is -2.14. The van der Waals surface area contributed by atoms with Crippen molar-refractivity contribution in [1.29, 1.82) is 0 Å². The first-order valence-corrected chi connectivity index (χ1v) is 5.74. The maximum absolute atomic E-state index is 9.83. The molecular weight excluding hydrogens is 293 g/mol. The van der Waals surface area contributed by atoms with Crippen molar-refractivity contribution in [1.82, 2.24) is 5.32 Å². The van der Waals surface area contributed by atoms with Gasteiger partial charge in [-0.05, 0) is 25.1 Å². The second kappa shape index (κ2) is 7.76. The number of hydrogen-bond acceptors (Lipinski definition) is 3. The summed E-state index contributed by atoms with van der Waals surface area (Å²) in [5, 5.41) is 13.1. The van der Waals surface area contributed by atoms with E-state index in [0.29, 0.717) is 12.3 Å². The van der Waals surface area contributed by atoms with E-state index in [0.717, 1.165) is 23.0 Å². The highest BCUT2D eigenvalue weighted by Crippen LogP contribution is 2.33. The highest BCUT2D eigenvalue weighted by molar-refractivity contribution is 9.10. The summed E-state index contributed by atoms with van der Waals surface area (Å²) < 4.78 is 5.97. The Balaban J connectivity index is 0.00000225. The van der Waals surface area contributed by atoms with E-state index in [2.05, 4.69) is 28.2 Å². The molecule has 0 aromatic heterocycles. The molecule has 3 nitrogen and oxygen atoms in total. The van der Waals surface area contributed by atoms with Gasteiger partial charge in [0.15, 0.2) is 11.5 Å².